The highest BCUT2D eigenvalue weighted by atomic mass is 35.5. The van der Waals surface area contributed by atoms with E-state index in [1.165, 1.54) is 5.56 Å². The van der Waals surface area contributed by atoms with Crippen LogP contribution in [0.15, 0.2) is 24.3 Å². The summed E-state index contributed by atoms with van der Waals surface area (Å²) in [6.07, 6.45) is 3.14. The normalized spacial score (nSPS) is 14.2. The molecule has 0 amide bonds. The van der Waals surface area contributed by atoms with Crippen LogP contribution in [0, 0.1) is 0 Å². The summed E-state index contributed by atoms with van der Waals surface area (Å²) < 4.78 is 5.15. The Morgan fingerprint density at radius 2 is 1.94 bits per heavy atom. The van der Waals surface area contributed by atoms with E-state index < -0.39 is 0 Å². The van der Waals surface area contributed by atoms with Crippen molar-refractivity contribution in [3.63, 3.8) is 0 Å². The van der Waals surface area contributed by atoms with Crippen molar-refractivity contribution in [1.82, 2.24) is 5.32 Å². The highest BCUT2D eigenvalue weighted by molar-refractivity contribution is 6.17. The molecule has 0 radical (unpaired) electrons. The number of benzene rings is 1. The first-order valence-electron chi connectivity index (χ1n) is 6.57. The van der Waals surface area contributed by atoms with Crippen molar-refractivity contribution in [3.8, 4) is 5.75 Å². The Labute approximate surface area is 116 Å². The van der Waals surface area contributed by atoms with E-state index in [0.29, 0.717) is 5.88 Å². The zero-order valence-electron chi connectivity index (χ0n) is 11.6. The van der Waals surface area contributed by atoms with E-state index in [1.54, 1.807) is 7.11 Å². The highest BCUT2D eigenvalue weighted by Gasteiger charge is 2.19. The topological polar surface area (TPSA) is 21.3 Å². The van der Waals surface area contributed by atoms with Gasteiger partial charge in [-0.2, -0.15) is 0 Å². The molecule has 2 nitrogen and oxygen atoms in total. The van der Waals surface area contributed by atoms with Gasteiger partial charge in [-0.15, -0.1) is 11.6 Å². The number of nitrogens with one attached hydrogen (secondary N) is 1. The fourth-order valence-electron chi connectivity index (χ4n) is 1.90. The van der Waals surface area contributed by atoms with Crippen LogP contribution in [0.3, 0.4) is 0 Å². The summed E-state index contributed by atoms with van der Waals surface area (Å²) >= 11 is 5.84. The molecule has 0 aliphatic rings. The molecule has 1 N–H and O–H groups in total. The maximum absolute atomic E-state index is 5.84. The quantitative estimate of drug-likeness (QED) is 0.728. The molecule has 0 saturated heterocycles. The highest BCUT2D eigenvalue weighted by Crippen LogP contribution is 2.16. The lowest BCUT2D eigenvalue weighted by Crippen LogP contribution is -2.43. The van der Waals surface area contributed by atoms with Crippen LogP contribution in [-0.4, -0.2) is 25.1 Å². The molecule has 0 bridgehead atoms. The molecule has 0 aliphatic heterocycles. The smallest absolute Gasteiger partial charge is 0.118 e. The Morgan fingerprint density at radius 3 is 2.44 bits per heavy atom. The van der Waals surface area contributed by atoms with Crippen molar-refractivity contribution in [2.75, 3.05) is 19.5 Å². The molecule has 0 aliphatic carbocycles. The van der Waals surface area contributed by atoms with Crippen LogP contribution in [0.2, 0.25) is 0 Å². The summed E-state index contributed by atoms with van der Waals surface area (Å²) in [4.78, 5) is 0. The average molecular weight is 270 g/mol. The van der Waals surface area contributed by atoms with Gasteiger partial charge in [0.1, 0.15) is 5.75 Å². The lowest BCUT2D eigenvalue weighted by Gasteiger charge is -2.29. The Bertz CT molecular complexity index is 339. The molecule has 0 spiro atoms. The third-order valence-electron chi connectivity index (χ3n) is 3.55. The van der Waals surface area contributed by atoms with Crippen LogP contribution >= 0.6 is 11.6 Å². The largest absolute Gasteiger partial charge is 0.497 e. The molecule has 1 aromatic carbocycles. The van der Waals surface area contributed by atoms with E-state index in [2.05, 4.69) is 31.3 Å². The molecule has 18 heavy (non-hydrogen) atoms. The number of alkyl halides is 1. The second kappa shape index (κ2) is 7.65. The molecule has 1 atom stereocenters. The van der Waals surface area contributed by atoms with Gasteiger partial charge in [-0.1, -0.05) is 19.1 Å². The minimum absolute atomic E-state index is 0.161. The summed E-state index contributed by atoms with van der Waals surface area (Å²) in [7, 11) is 1.69. The van der Waals surface area contributed by atoms with E-state index in [0.717, 1.165) is 31.6 Å². The standard InChI is InChI=1S/C15H24ClNO/c1-4-15(2,10-11-16)17-12-9-13-5-7-14(18-3)8-6-13/h5-8,17H,4,9-12H2,1-3H3. The Morgan fingerprint density at radius 1 is 1.28 bits per heavy atom. The number of rotatable bonds is 8. The number of hydrogen-bond donors (Lipinski definition) is 1. The van der Waals surface area contributed by atoms with E-state index >= 15 is 0 Å². The zero-order valence-corrected chi connectivity index (χ0v) is 12.4. The van der Waals surface area contributed by atoms with Crippen LogP contribution in [0.1, 0.15) is 32.3 Å². The molecule has 0 fully saturated rings. The molecule has 0 saturated carbocycles. The Kier molecular flexibility index (Phi) is 6.51. The second-order valence-electron chi connectivity index (χ2n) is 4.88. The number of hydrogen-bond acceptors (Lipinski definition) is 2. The van der Waals surface area contributed by atoms with E-state index in [9.17, 15) is 0 Å². The Hall–Kier alpha value is -0.730. The maximum Gasteiger partial charge on any atom is 0.118 e. The van der Waals surface area contributed by atoms with Crippen LogP contribution in [-0.2, 0) is 6.42 Å². The first-order chi connectivity index (χ1) is 8.63. The fourth-order valence-corrected chi connectivity index (χ4v) is 2.32. The molecule has 0 heterocycles. The average Bonchev–Trinajstić information content (AvgIpc) is 2.40. The SMILES string of the molecule is CCC(C)(CCCl)NCCc1ccc(OC)cc1. The lowest BCUT2D eigenvalue weighted by atomic mass is 9.95. The summed E-state index contributed by atoms with van der Waals surface area (Å²) in [5.41, 5.74) is 1.49. The van der Waals surface area contributed by atoms with Gasteiger partial charge >= 0.3 is 0 Å². The van der Waals surface area contributed by atoms with Gasteiger partial charge in [-0.05, 0) is 50.4 Å². The van der Waals surface area contributed by atoms with Crippen LogP contribution in [0.4, 0.5) is 0 Å². The van der Waals surface area contributed by atoms with Crippen LogP contribution < -0.4 is 10.1 Å². The van der Waals surface area contributed by atoms with Crippen molar-refractivity contribution >= 4 is 11.6 Å². The maximum atomic E-state index is 5.84. The van der Waals surface area contributed by atoms with Crippen LogP contribution in [0.25, 0.3) is 0 Å². The molecule has 1 unspecified atom stereocenters. The van der Waals surface area contributed by atoms with E-state index in [-0.39, 0.29) is 5.54 Å². The molecule has 102 valence electrons. The summed E-state index contributed by atoms with van der Waals surface area (Å²) in [6.45, 7) is 5.42. The minimum Gasteiger partial charge on any atom is -0.497 e. The zero-order chi connectivity index (χ0) is 13.4. The predicted molar refractivity (Wildman–Crippen MR) is 78.7 cm³/mol. The monoisotopic (exact) mass is 269 g/mol. The molecule has 0 aromatic heterocycles. The van der Waals surface area contributed by atoms with Crippen molar-refractivity contribution in [2.45, 2.75) is 38.6 Å². The van der Waals surface area contributed by atoms with Gasteiger partial charge in [0, 0.05) is 11.4 Å². The molecular weight excluding hydrogens is 246 g/mol. The van der Waals surface area contributed by atoms with Gasteiger partial charge in [-0.3, -0.25) is 0 Å². The van der Waals surface area contributed by atoms with Gasteiger partial charge in [0.25, 0.3) is 0 Å². The summed E-state index contributed by atoms with van der Waals surface area (Å²) in [5, 5.41) is 3.61. The number of methoxy groups -OCH3 is 1. The first kappa shape index (κ1) is 15.3. The Balaban J connectivity index is 2.40. The van der Waals surface area contributed by atoms with Gasteiger partial charge in [-0.25, -0.2) is 0 Å². The lowest BCUT2D eigenvalue weighted by molar-refractivity contribution is 0.336. The molecule has 3 heteroatoms. The fraction of sp³-hybridized carbons (Fsp3) is 0.600. The predicted octanol–water partition coefficient (Wildman–Crippen LogP) is 3.62. The summed E-state index contributed by atoms with van der Waals surface area (Å²) in [5.74, 6) is 1.62. The first-order valence-corrected chi connectivity index (χ1v) is 7.11. The third-order valence-corrected chi connectivity index (χ3v) is 3.74. The molecule has 1 rings (SSSR count). The van der Waals surface area contributed by atoms with Crippen molar-refractivity contribution in [1.29, 1.82) is 0 Å². The van der Waals surface area contributed by atoms with Gasteiger partial charge < -0.3 is 10.1 Å². The summed E-state index contributed by atoms with van der Waals surface area (Å²) in [6, 6.07) is 8.25. The number of halogens is 1. The van der Waals surface area contributed by atoms with Crippen molar-refractivity contribution < 1.29 is 4.74 Å². The minimum atomic E-state index is 0.161. The van der Waals surface area contributed by atoms with E-state index in [4.69, 9.17) is 16.3 Å². The van der Waals surface area contributed by atoms with Gasteiger partial charge in [0.15, 0.2) is 0 Å². The number of ether oxygens (including phenoxy) is 1. The third kappa shape index (κ3) is 4.87. The van der Waals surface area contributed by atoms with Crippen molar-refractivity contribution in [3.05, 3.63) is 29.8 Å². The molecular formula is C15H24ClNO. The van der Waals surface area contributed by atoms with E-state index in [1.807, 2.05) is 12.1 Å². The van der Waals surface area contributed by atoms with Crippen molar-refractivity contribution in [2.24, 2.45) is 0 Å². The van der Waals surface area contributed by atoms with Gasteiger partial charge in [0.2, 0.25) is 0 Å². The molecule has 1 aromatic rings. The van der Waals surface area contributed by atoms with Gasteiger partial charge in [0.05, 0.1) is 7.11 Å². The van der Waals surface area contributed by atoms with Crippen LogP contribution in [0.5, 0.6) is 5.75 Å². The second-order valence-corrected chi connectivity index (χ2v) is 5.26.